The van der Waals surface area contributed by atoms with E-state index in [0.717, 1.165) is 0 Å². The molecule has 0 aromatic rings. The van der Waals surface area contributed by atoms with Crippen molar-refractivity contribution >= 4 is 27.7 Å². The number of sulfone groups is 1. The van der Waals surface area contributed by atoms with Crippen LogP contribution in [0.1, 0.15) is 26.2 Å². The highest BCUT2D eigenvalue weighted by atomic mass is 32.2. The molecule has 2 aliphatic rings. The molecule has 24 heavy (non-hydrogen) atoms. The van der Waals surface area contributed by atoms with Crippen LogP contribution in [0.5, 0.6) is 0 Å². The van der Waals surface area contributed by atoms with E-state index in [0.29, 0.717) is 39.0 Å². The molecule has 2 aliphatic heterocycles. The minimum Gasteiger partial charge on any atom is -0.450 e. The first-order valence-electron chi connectivity index (χ1n) is 8.04. The molecule has 0 bridgehead atoms. The number of carbonyl (C=O) groups excluding carboxylic acids is 3. The molecule has 2 fully saturated rings. The third-order valence-electron chi connectivity index (χ3n) is 4.13. The Morgan fingerprint density at radius 3 is 2.12 bits per heavy atom. The van der Waals surface area contributed by atoms with Crippen LogP contribution >= 0.6 is 0 Å². The second-order valence-electron chi connectivity index (χ2n) is 6.01. The number of piperidine rings is 1. The fourth-order valence-electron chi connectivity index (χ4n) is 2.83. The highest BCUT2D eigenvalue weighted by Crippen LogP contribution is 2.12. The van der Waals surface area contributed by atoms with Gasteiger partial charge in [0.1, 0.15) is 0 Å². The van der Waals surface area contributed by atoms with Crippen molar-refractivity contribution in [1.29, 1.82) is 0 Å². The summed E-state index contributed by atoms with van der Waals surface area (Å²) >= 11 is 0. The van der Waals surface area contributed by atoms with Gasteiger partial charge in [0.2, 0.25) is 0 Å². The van der Waals surface area contributed by atoms with Crippen molar-refractivity contribution in [1.82, 2.24) is 15.5 Å². The number of likely N-dealkylation sites (tertiary alicyclic amines) is 1. The van der Waals surface area contributed by atoms with Gasteiger partial charge >= 0.3 is 17.9 Å². The quantitative estimate of drug-likeness (QED) is 0.624. The van der Waals surface area contributed by atoms with Crippen LogP contribution in [-0.4, -0.2) is 74.5 Å². The van der Waals surface area contributed by atoms with Crippen molar-refractivity contribution in [3.8, 4) is 0 Å². The van der Waals surface area contributed by atoms with Crippen LogP contribution in [0, 0.1) is 0 Å². The summed E-state index contributed by atoms with van der Waals surface area (Å²) in [7, 11) is -3.11. The Morgan fingerprint density at radius 2 is 1.62 bits per heavy atom. The number of ether oxygens (including phenoxy) is 1. The van der Waals surface area contributed by atoms with Crippen LogP contribution < -0.4 is 10.6 Å². The molecule has 10 heteroatoms. The van der Waals surface area contributed by atoms with E-state index in [1.807, 2.05) is 0 Å². The average molecular weight is 361 g/mol. The largest absolute Gasteiger partial charge is 0.450 e. The maximum absolute atomic E-state index is 11.9. The Bertz CT molecular complexity index is 598. The summed E-state index contributed by atoms with van der Waals surface area (Å²) in [6, 6.07) is -0.694. The molecule has 0 spiro atoms. The lowest BCUT2D eigenvalue weighted by Gasteiger charge is -2.31. The third-order valence-corrected chi connectivity index (χ3v) is 5.90. The summed E-state index contributed by atoms with van der Waals surface area (Å²) < 4.78 is 27.6. The van der Waals surface area contributed by atoms with Gasteiger partial charge in [0.25, 0.3) is 0 Å². The van der Waals surface area contributed by atoms with Gasteiger partial charge in [-0.2, -0.15) is 0 Å². The molecule has 1 atom stereocenters. The maximum atomic E-state index is 11.9. The van der Waals surface area contributed by atoms with Crippen molar-refractivity contribution < 1.29 is 27.5 Å². The lowest BCUT2D eigenvalue weighted by Crippen LogP contribution is -2.51. The van der Waals surface area contributed by atoms with Gasteiger partial charge in [-0.25, -0.2) is 13.2 Å². The van der Waals surface area contributed by atoms with Gasteiger partial charge in [-0.1, -0.05) is 0 Å². The number of nitrogens with zero attached hydrogens (tertiary/aromatic N) is 1. The van der Waals surface area contributed by atoms with Crippen LogP contribution in [0.3, 0.4) is 0 Å². The fourth-order valence-corrected chi connectivity index (χ4v) is 4.51. The summed E-state index contributed by atoms with van der Waals surface area (Å²) in [5.74, 6) is -1.67. The number of amides is 3. The number of rotatable bonds is 3. The van der Waals surface area contributed by atoms with Crippen molar-refractivity contribution in [2.45, 2.75) is 38.3 Å². The lowest BCUT2D eigenvalue weighted by molar-refractivity contribution is -0.140. The molecule has 2 rings (SSSR count). The zero-order valence-corrected chi connectivity index (χ0v) is 14.4. The van der Waals surface area contributed by atoms with E-state index in [1.54, 1.807) is 11.8 Å². The summed E-state index contributed by atoms with van der Waals surface area (Å²) in [5, 5.41) is 5.08. The fraction of sp³-hybridized carbons (Fsp3) is 0.786. The number of hydrogen-bond acceptors (Lipinski definition) is 6. The maximum Gasteiger partial charge on any atom is 0.409 e. The molecular weight excluding hydrogens is 338 g/mol. The summed E-state index contributed by atoms with van der Waals surface area (Å²) in [5.41, 5.74) is 0. The zero-order chi connectivity index (χ0) is 17.7. The number of nitrogens with one attached hydrogen (secondary N) is 2. The van der Waals surface area contributed by atoms with E-state index in [-0.39, 0.29) is 23.6 Å². The average Bonchev–Trinajstić information content (AvgIpc) is 2.87. The molecule has 0 aliphatic carbocycles. The standard InChI is InChI=1S/C14H23N3O6S/c1-2-23-14(20)17-6-3-10(4-7-17)15-12(18)13(19)16-11-5-8-24(21,22)9-11/h10-11H,2-9H2,1H3,(H,15,18)(H,16,19). The molecule has 0 radical (unpaired) electrons. The van der Waals surface area contributed by atoms with Gasteiger partial charge in [0.15, 0.2) is 9.84 Å². The van der Waals surface area contributed by atoms with Crippen LogP contribution in [0.4, 0.5) is 4.79 Å². The number of hydrogen-bond donors (Lipinski definition) is 2. The molecule has 9 nitrogen and oxygen atoms in total. The zero-order valence-electron chi connectivity index (χ0n) is 13.6. The normalized spacial score (nSPS) is 23.5. The van der Waals surface area contributed by atoms with E-state index in [4.69, 9.17) is 4.74 Å². The first-order valence-corrected chi connectivity index (χ1v) is 9.86. The monoisotopic (exact) mass is 361 g/mol. The molecule has 136 valence electrons. The number of carbonyl (C=O) groups is 3. The first kappa shape index (κ1) is 18.5. The Kier molecular flexibility index (Phi) is 6.03. The van der Waals surface area contributed by atoms with Crippen molar-refractivity contribution in [2.24, 2.45) is 0 Å². The van der Waals surface area contributed by atoms with Crippen LogP contribution in [0.25, 0.3) is 0 Å². The van der Waals surface area contributed by atoms with Gasteiger partial charge in [0, 0.05) is 25.2 Å². The van der Waals surface area contributed by atoms with E-state index >= 15 is 0 Å². The Hall–Kier alpha value is -1.84. The van der Waals surface area contributed by atoms with Crippen LogP contribution in [0.15, 0.2) is 0 Å². The molecule has 0 aromatic carbocycles. The highest BCUT2D eigenvalue weighted by Gasteiger charge is 2.31. The molecule has 3 amide bonds. The molecule has 2 saturated heterocycles. The van der Waals surface area contributed by atoms with E-state index in [9.17, 15) is 22.8 Å². The summed E-state index contributed by atoms with van der Waals surface area (Å²) in [6.45, 7) is 2.95. The molecule has 0 aromatic heterocycles. The Balaban J connectivity index is 1.73. The molecule has 2 N–H and O–H groups in total. The minimum absolute atomic E-state index is 0.0336. The predicted octanol–water partition coefficient (Wildman–Crippen LogP) is -0.973. The second-order valence-corrected chi connectivity index (χ2v) is 8.24. The van der Waals surface area contributed by atoms with Crippen molar-refractivity contribution in [2.75, 3.05) is 31.2 Å². The van der Waals surface area contributed by atoms with E-state index in [2.05, 4.69) is 10.6 Å². The summed E-state index contributed by atoms with van der Waals surface area (Å²) in [6.07, 6.45) is 1.03. The third kappa shape index (κ3) is 5.08. The van der Waals surface area contributed by atoms with Crippen LogP contribution in [0.2, 0.25) is 0 Å². The van der Waals surface area contributed by atoms with Gasteiger partial charge in [-0.05, 0) is 26.2 Å². The highest BCUT2D eigenvalue weighted by molar-refractivity contribution is 7.91. The van der Waals surface area contributed by atoms with Gasteiger partial charge in [-0.15, -0.1) is 0 Å². The first-order chi connectivity index (χ1) is 11.3. The Morgan fingerprint density at radius 1 is 1.04 bits per heavy atom. The predicted molar refractivity (Wildman–Crippen MR) is 85.0 cm³/mol. The molecule has 0 saturated carbocycles. The lowest BCUT2D eigenvalue weighted by atomic mass is 10.1. The second kappa shape index (κ2) is 7.82. The van der Waals surface area contributed by atoms with E-state index in [1.165, 1.54) is 0 Å². The molecule has 1 unspecified atom stereocenters. The van der Waals surface area contributed by atoms with Gasteiger partial charge < -0.3 is 20.3 Å². The topological polar surface area (TPSA) is 122 Å². The summed E-state index contributed by atoms with van der Waals surface area (Å²) in [4.78, 5) is 36.9. The van der Waals surface area contributed by atoms with Crippen molar-refractivity contribution in [3.05, 3.63) is 0 Å². The van der Waals surface area contributed by atoms with E-state index < -0.39 is 27.7 Å². The smallest absolute Gasteiger partial charge is 0.409 e. The molecular formula is C14H23N3O6S. The Labute approximate surface area is 141 Å². The SMILES string of the molecule is CCOC(=O)N1CCC(NC(=O)C(=O)NC2CCS(=O)(=O)C2)CC1. The van der Waals surface area contributed by atoms with Crippen LogP contribution in [-0.2, 0) is 24.2 Å². The minimum atomic E-state index is -3.11. The van der Waals surface area contributed by atoms with Crippen molar-refractivity contribution in [3.63, 3.8) is 0 Å². The molecule has 2 heterocycles. The van der Waals surface area contributed by atoms with Gasteiger partial charge in [-0.3, -0.25) is 9.59 Å². The van der Waals surface area contributed by atoms with Gasteiger partial charge in [0.05, 0.1) is 18.1 Å².